The molecule has 1 fully saturated rings. The molecule has 1 aliphatic heterocycles. The van der Waals surface area contributed by atoms with Crippen LogP contribution in [0.15, 0.2) is 30.3 Å². The number of nitrogens with one attached hydrogen (secondary N) is 2. The van der Waals surface area contributed by atoms with Gasteiger partial charge in [-0.1, -0.05) is 24.1 Å². The summed E-state index contributed by atoms with van der Waals surface area (Å²) in [5.41, 5.74) is 0.715. The van der Waals surface area contributed by atoms with Crippen LogP contribution in [0.4, 0.5) is 10.5 Å². The lowest BCUT2D eigenvalue weighted by Crippen LogP contribution is -2.47. The number of rotatable bonds is 3. The van der Waals surface area contributed by atoms with Crippen molar-refractivity contribution in [2.24, 2.45) is 0 Å². The molecule has 3 amide bonds. The van der Waals surface area contributed by atoms with Gasteiger partial charge in [0.2, 0.25) is 5.91 Å². The quantitative estimate of drug-likeness (QED) is 0.817. The number of carbonyl (C=O) groups excluding carboxylic acids is 2. The van der Waals surface area contributed by atoms with Gasteiger partial charge in [0, 0.05) is 12.2 Å². The number of likely N-dealkylation sites (tertiary alicyclic amines) is 1. The van der Waals surface area contributed by atoms with Crippen LogP contribution in [0.1, 0.15) is 12.8 Å². The van der Waals surface area contributed by atoms with E-state index in [0.29, 0.717) is 18.7 Å². The van der Waals surface area contributed by atoms with Crippen LogP contribution in [0.5, 0.6) is 0 Å². The number of amides is 3. The van der Waals surface area contributed by atoms with Gasteiger partial charge in [0.1, 0.15) is 6.04 Å². The molecule has 1 aromatic rings. The molecule has 1 unspecified atom stereocenters. The summed E-state index contributed by atoms with van der Waals surface area (Å²) < 4.78 is 0. The van der Waals surface area contributed by atoms with Gasteiger partial charge < -0.3 is 15.5 Å². The van der Waals surface area contributed by atoms with E-state index in [4.69, 9.17) is 6.42 Å². The average molecular weight is 271 g/mol. The number of para-hydroxylation sites is 1. The number of nitrogens with zero attached hydrogens (tertiary/aromatic N) is 1. The Morgan fingerprint density at radius 3 is 2.80 bits per heavy atom. The number of benzene rings is 1. The molecule has 20 heavy (non-hydrogen) atoms. The molecule has 5 nitrogen and oxygen atoms in total. The van der Waals surface area contributed by atoms with Gasteiger partial charge in [-0.05, 0) is 25.0 Å². The molecule has 2 N–H and O–H groups in total. The van der Waals surface area contributed by atoms with Crippen LogP contribution in [-0.2, 0) is 4.79 Å². The van der Waals surface area contributed by atoms with Crippen molar-refractivity contribution in [3.63, 3.8) is 0 Å². The van der Waals surface area contributed by atoms with Crippen molar-refractivity contribution in [2.45, 2.75) is 18.9 Å². The van der Waals surface area contributed by atoms with E-state index < -0.39 is 6.04 Å². The topological polar surface area (TPSA) is 61.4 Å². The summed E-state index contributed by atoms with van der Waals surface area (Å²) in [4.78, 5) is 25.7. The maximum Gasteiger partial charge on any atom is 0.322 e. The lowest BCUT2D eigenvalue weighted by Gasteiger charge is -2.23. The summed E-state index contributed by atoms with van der Waals surface area (Å²) in [7, 11) is 0. The zero-order valence-electron chi connectivity index (χ0n) is 11.1. The standard InChI is InChI=1S/C15H17N3O2/c1-2-10-16-14(19)13-9-6-11-18(13)15(20)17-12-7-4-3-5-8-12/h1,3-5,7-8,13H,6,9-11H2,(H,16,19)(H,17,20). The molecule has 1 heterocycles. The summed E-state index contributed by atoms with van der Waals surface area (Å²) in [6.07, 6.45) is 6.60. The molecule has 5 heteroatoms. The average Bonchev–Trinajstić information content (AvgIpc) is 2.95. The first-order chi connectivity index (χ1) is 9.72. The van der Waals surface area contributed by atoms with Crippen LogP contribution < -0.4 is 10.6 Å². The molecule has 1 atom stereocenters. The van der Waals surface area contributed by atoms with E-state index in [1.807, 2.05) is 18.2 Å². The molecular weight excluding hydrogens is 254 g/mol. The summed E-state index contributed by atoms with van der Waals surface area (Å²) in [5.74, 6) is 2.16. The van der Waals surface area contributed by atoms with Crippen molar-refractivity contribution in [2.75, 3.05) is 18.4 Å². The molecule has 104 valence electrons. The molecule has 2 rings (SSSR count). The largest absolute Gasteiger partial charge is 0.343 e. The highest BCUT2D eigenvalue weighted by molar-refractivity contribution is 5.94. The Labute approximate surface area is 118 Å². The summed E-state index contributed by atoms with van der Waals surface area (Å²) >= 11 is 0. The Bertz CT molecular complexity index is 522. The molecule has 1 aliphatic rings. The fourth-order valence-electron chi connectivity index (χ4n) is 2.26. The maximum absolute atomic E-state index is 12.2. The highest BCUT2D eigenvalue weighted by Crippen LogP contribution is 2.19. The van der Waals surface area contributed by atoms with Crippen LogP contribution in [0.3, 0.4) is 0 Å². The van der Waals surface area contributed by atoms with Crippen molar-refractivity contribution < 1.29 is 9.59 Å². The van der Waals surface area contributed by atoms with Gasteiger partial charge in [-0.3, -0.25) is 4.79 Å². The minimum Gasteiger partial charge on any atom is -0.343 e. The number of anilines is 1. The van der Waals surface area contributed by atoms with Crippen LogP contribution in [0.25, 0.3) is 0 Å². The number of hydrogen-bond acceptors (Lipinski definition) is 2. The predicted molar refractivity (Wildman–Crippen MR) is 77.0 cm³/mol. The second-order valence-electron chi connectivity index (χ2n) is 4.57. The predicted octanol–water partition coefficient (Wildman–Crippen LogP) is 1.43. The van der Waals surface area contributed by atoms with Gasteiger partial charge in [0.25, 0.3) is 0 Å². The van der Waals surface area contributed by atoms with Gasteiger partial charge in [-0.25, -0.2) is 4.79 Å². The van der Waals surface area contributed by atoms with Crippen molar-refractivity contribution in [1.82, 2.24) is 10.2 Å². The highest BCUT2D eigenvalue weighted by atomic mass is 16.2. The van der Waals surface area contributed by atoms with Crippen molar-refractivity contribution >= 4 is 17.6 Å². The van der Waals surface area contributed by atoms with Crippen LogP contribution in [-0.4, -0.2) is 36.0 Å². The van der Waals surface area contributed by atoms with E-state index in [2.05, 4.69) is 16.6 Å². The van der Waals surface area contributed by atoms with Crippen LogP contribution in [0.2, 0.25) is 0 Å². The molecule has 0 saturated carbocycles. The first kappa shape index (κ1) is 13.9. The second kappa shape index (κ2) is 6.62. The maximum atomic E-state index is 12.2. The third-order valence-electron chi connectivity index (χ3n) is 3.21. The minimum absolute atomic E-state index is 0.184. The van der Waals surface area contributed by atoms with Crippen molar-refractivity contribution in [1.29, 1.82) is 0 Å². The van der Waals surface area contributed by atoms with Crippen molar-refractivity contribution in [3.8, 4) is 12.3 Å². The molecular formula is C15H17N3O2. The van der Waals surface area contributed by atoms with E-state index in [9.17, 15) is 9.59 Å². The SMILES string of the molecule is C#CCNC(=O)C1CCCN1C(=O)Nc1ccccc1. The van der Waals surface area contributed by atoms with Gasteiger partial charge in [-0.15, -0.1) is 6.42 Å². The van der Waals surface area contributed by atoms with Gasteiger partial charge in [0.15, 0.2) is 0 Å². The van der Waals surface area contributed by atoms with Crippen molar-refractivity contribution in [3.05, 3.63) is 30.3 Å². The summed E-state index contributed by atoms with van der Waals surface area (Å²) in [6.45, 7) is 0.760. The number of terminal acetylenes is 1. The first-order valence-electron chi connectivity index (χ1n) is 6.56. The fraction of sp³-hybridized carbons (Fsp3) is 0.333. The van der Waals surface area contributed by atoms with E-state index in [0.717, 1.165) is 6.42 Å². The highest BCUT2D eigenvalue weighted by Gasteiger charge is 2.33. The van der Waals surface area contributed by atoms with Gasteiger partial charge in [-0.2, -0.15) is 0 Å². The molecule has 1 aromatic carbocycles. The molecule has 0 aromatic heterocycles. The zero-order valence-corrected chi connectivity index (χ0v) is 11.1. The Kier molecular flexibility index (Phi) is 4.61. The Balaban J connectivity index is 1.98. The van der Waals surface area contributed by atoms with Crippen LogP contribution in [0, 0.1) is 12.3 Å². The fourth-order valence-corrected chi connectivity index (χ4v) is 2.26. The third kappa shape index (κ3) is 3.29. The smallest absolute Gasteiger partial charge is 0.322 e. The molecule has 0 radical (unpaired) electrons. The second-order valence-corrected chi connectivity index (χ2v) is 4.57. The molecule has 0 spiro atoms. The number of carbonyl (C=O) groups is 2. The van der Waals surface area contributed by atoms with E-state index in [1.165, 1.54) is 0 Å². The van der Waals surface area contributed by atoms with Crippen LogP contribution >= 0.6 is 0 Å². The third-order valence-corrected chi connectivity index (χ3v) is 3.21. The van der Waals surface area contributed by atoms with E-state index in [1.54, 1.807) is 17.0 Å². The normalized spacial score (nSPS) is 17.4. The Morgan fingerprint density at radius 2 is 2.10 bits per heavy atom. The monoisotopic (exact) mass is 271 g/mol. The number of urea groups is 1. The molecule has 0 bridgehead atoms. The Morgan fingerprint density at radius 1 is 1.35 bits per heavy atom. The zero-order chi connectivity index (χ0) is 14.4. The molecule has 0 aliphatic carbocycles. The summed E-state index contributed by atoms with van der Waals surface area (Å²) in [5, 5.41) is 5.42. The van der Waals surface area contributed by atoms with E-state index in [-0.39, 0.29) is 18.5 Å². The summed E-state index contributed by atoms with van der Waals surface area (Å²) in [6, 6.07) is 8.49. The molecule has 1 saturated heterocycles. The number of hydrogen-bond donors (Lipinski definition) is 2. The van der Waals surface area contributed by atoms with Gasteiger partial charge in [0.05, 0.1) is 6.54 Å². The first-order valence-corrected chi connectivity index (χ1v) is 6.56. The lowest BCUT2D eigenvalue weighted by atomic mass is 10.2. The van der Waals surface area contributed by atoms with E-state index >= 15 is 0 Å². The lowest BCUT2D eigenvalue weighted by molar-refractivity contribution is -0.124. The van der Waals surface area contributed by atoms with Gasteiger partial charge >= 0.3 is 6.03 Å². The minimum atomic E-state index is -0.438. The Hall–Kier alpha value is -2.48.